The second-order valence-corrected chi connectivity index (χ2v) is 7.21. The molecule has 0 bridgehead atoms. The summed E-state index contributed by atoms with van der Waals surface area (Å²) in [6.07, 6.45) is 0. The van der Waals surface area contributed by atoms with Crippen LogP contribution in [0.4, 0.5) is 10.1 Å². The number of nitrogens with one attached hydrogen (secondary N) is 1. The highest BCUT2D eigenvalue weighted by Gasteiger charge is 2.15. The number of hydrogen-bond donors (Lipinski definition) is 1. The Labute approximate surface area is 128 Å². The van der Waals surface area contributed by atoms with Crippen LogP contribution < -0.4 is 5.32 Å². The molecule has 6 heteroatoms. The van der Waals surface area contributed by atoms with E-state index in [1.807, 2.05) is 0 Å². The lowest BCUT2D eigenvalue weighted by Crippen LogP contribution is -2.09. The molecule has 1 N–H and O–H groups in total. The van der Waals surface area contributed by atoms with Crippen LogP contribution in [0.2, 0.25) is 5.02 Å². The number of para-hydroxylation sites is 1. The van der Waals surface area contributed by atoms with Gasteiger partial charge in [-0.2, -0.15) is 0 Å². The smallest absolute Gasteiger partial charge is 0.180 e. The lowest BCUT2D eigenvalue weighted by molar-refractivity contribution is 0.597. The molecule has 21 heavy (non-hydrogen) atoms. The second kappa shape index (κ2) is 6.45. The first-order valence-electron chi connectivity index (χ1n) is 6.43. The van der Waals surface area contributed by atoms with Crippen molar-refractivity contribution in [2.45, 2.75) is 18.4 Å². The van der Waals surface area contributed by atoms with E-state index in [-0.39, 0.29) is 17.2 Å². The Bertz CT molecular complexity index is 727. The average molecular weight is 328 g/mol. The molecule has 3 nitrogen and oxygen atoms in total. The largest absolute Gasteiger partial charge is 0.380 e. The van der Waals surface area contributed by atoms with E-state index in [2.05, 4.69) is 5.32 Å². The Morgan fingerprint density at radius 1 is 1.19 bits per heavy atom. The van der Waals surface area contributed by atoms with Crippen LogP contribution >= 0.6 is 11.6 Å². The number of anilines is 1. The average Bonchev–Trinajstić information content (AvgIpc) is 2.44. The van der Waals surface area contributed by atoms with Gasteiger partial charge >= 0.3 is 0 Å². The van der Waals surface area contributed by atoms with Gasteiger partial charge in [0.2, 0.25) is 0 Å². The topological polar surface area (TPSA) is 46.2 Å². The summed E-state index contributed by atoms with van der Waals surface area (Å²) in [7, 11) is -3.31. The number of hydrogen-bond acceptors (Lipinski definition) is 3. The summed E-state index contributed by atoms with van der Waals surface area (Å²) >= 11 is 5.79. The fourth-order valence-corrected chi connectivity index (χ4v) is 3.27. The van der Waals surface area contributed by atoms with Crippen LogP contribution in [0.3, 0.4) is 0 Å². The quantitative estimate of drug-likeness (QED) is 0.906. The summed E-state index contributed by atoms with van der Waals surface area (Å²) in [5.41, 5.74) is 1.14. The van der Waals surface area contributed by atoms with E-state index in [4.69, 9.17) is 11.6 Å². The van der Waals surface area contributed by atoms with Crippen molar-refractivity contribution < 1.29 is 12.8 Å². The van der Waals surface area contributed by atoms with Gasteiger partial charge in [0.15, 0.2) is 9.84 Å². The van der Waals surface area contributed by atoms with Crippen LogP contribution in [0.1, 0.15) is 12.5 Å². The molecule has 2 aromatic carbocycles. The molecule has 2 rings (SSSR count). The molecule has 0 radical (unpaired) electrons. The SMILES string of the molecule is CCS(=O)(=O)c1ccccc1NCc1cc(F)cc(Cl)c1. The van der Waals surface area contributed by atoms with E-state index in [9.17, 15) is 12.8 Å². The molecule has 0 atom stereocenters. The minimum Gasteiger partial charge on any atom is -0.380 e. The van der Waals surface area contributed by atoms with Gasteiger partial charge in [-0.3, -0.25) is 0 Å². The molecule has 0 heterocycles. The van der Waals surface area contributed by atoms with Crippen LogP contribution in [0.5, 0.6) is 0 Å². The molecule has 112 valence electrons. The molecule has 0 fully saturated rings. The van der Waals surface area contributed by atoms with E-state index < -0.39 is 15.7 Å². The van der Waals surface area contributed by atoms with Gasteiger partial charge in [0.1, 0.15) is 5.82 Å². The van der Waals surface area contributed by atoms with Gasteiger partial charge in [-0.15, -0.1) is 0 Å². The highest BCUT2D eigenvalue weighted by atomic mass is 35.5. The van der Waals surface area contributed by atoms with Crippen molar-refractivity contribution >= 4 is 27.1 Å². The first kappa shape index (κ1) is 15.8. The van der Waals surface area contributed by atoms with E-state index in [0.29, 0.717) is 16.3 Å². The number of halogens is 2. The predicted octanol–water partition coefficient (Wildman–Crippen LogP) is 3.88. The summed E-state index contributed by atoms with van der Waals surface area (Å²) in [6.45, 7) is 1.88. The molecular weight excluding hydrogens is 313 g/mol. The Kier molecular flexibility index (Phi) is 4.85. The number of rotatable bonds is 5. The maximum absolute atomic E-state index is 13.3. The van der Waals surface area contributed by atoms with Gasteiger partial charge in [-0.25, -0.2) is 12.8 Å². The predicted molar refractivity (Wildman–Crippen MR) is 82.9 cm³/mol. The highest BCUT2D eigenvalue weighted by molar-refractivity contribution is 7.91. The second-order valence-electron chi connectivity index (χ2n) is 4.53. The third-order valence-corrected chi connectivity index (χ3v) is 5.01. The van der Waals surface area contributed by atoms with Crippen molar-refractivity contribution in [1.82, 2.24) is 0 Å². The van der Waals surface area contributed by atoms with Gasteiger partial charge in [0, 0.05) is 11.6 Å². The van der Waals surface area contributed by atoms with E-state index in [1.165, 1.54) is 12.1 Å². The fourth-order valence-electron chi connectivity index (χ4n) is 1.95. The van der Waals surface area contributed by atoms with Crippen molar-refractivity contribution in [1.29, 1.82) is 0 Å². The monoisotopic (exact) mass is 327 g/mol. The standard InChI is InChI=1S/C15H15ClFNO2S/c1-2-21(19,20)15-6-4-3-5-14(15)18-10-11-7-12(16)9-13(17)8-11/h3-9,18H,2,10H2,1H3. The molecule has 0 aliphatic heterocycles. The summed E-state index contributed by atoms with van der Waals surface area (Å²) in [5, 5.41) is 3.33. The van der Waals surface area contributed by atoms with Crippen molar-refractivity contribution in [2.24, 2.45) is 0 Å². The minimum atomic E-state index is -3.31. The Balaban J connectivity index is 2.25. The highest BCUT2D eigenvalue weighted by Crippen LogP contribution is 2.23. The third kappa shape index (κ3) is 3.95. The van der Waals surface area contributed by atoms with Crippen molar-refractivity contribution in [3.8, 4) is 0 Å². The van der Waals surface area contributed by atoms with Gasteiger partial charge < -0.3 is 5.32 Å². The summed E-state index contributed by atoms with van der Waals surface area (Å²) < 4.78 is 37.3. The Morgan fingerprint density at radius 3 is 2.57 bits per heavy atom. The zero-order valence-electron chi connectivity index (χ0n) is 11.4. The van der Waals surface area contributed by atoms with E-state index in [0.717, 1.165) is 0 Å². The lowest BCUT2D eigenvalue weighted by atomic mass is 10.2. The summed E-state index contributed by atoms with van der Waals surface area (Å²) in [5.74, 6) is -0.397. The lowest BCUT2D eigenvalue weighted by Gasteiger charge is -2.12. The normalized spacial score (nSPS) is 11.4. The van der Waals surface area contributed by atoms with Crippen LogP contribution in [-0.4, -0.2) is 14.2 Å². The van der Waals surface area contributed by atoms with Crippen molar-refractivity contribution in [2.75, 3.05) is 11.1 Å². The first-order valence-corrected chi connectivity index (χ1v) is 8.46. The van der Waals surface area contributed by atoms with Crippen LogP contribution in [0.25, 0.3) is 0 Å². The molecule has 2 aromatic rings. The van der Waals surface area contributed by atoms with Crippen molar-refractivity contribution in [3.05, 3.63) is 58.9 Å². The van der Waals surface area contributed by atoms with E-state index >= 15 is 0 Å². The van der Waals surface area contributed by atoms with Gasteiger partial charge in [-0.1, -0.05) is 30.7 Å². The minimum absolute atomic E-state index is 0.0253. The first-order chi connectivity index (χ1) is 9.92. The van der Waals surface area contributed by atoms with Crippen LogP contribution in [0, 0.1) is 5.82 Å². The Hall–Kier alpha value is -1.59. The molecule has 0 aliphatic rings. The van der Waals surface area contributed by atoms with Gasteiger partial charge in [0.25, 0.3) is 0 Å². The van der Waals surface area contributed by atoms with Gasteiger partial charge in [0.05, 0.1) is 16.3 Å². The number of benzene rings is 2. The maximum atomic E-state index is 13.3. The third-order valence-electron chi connectivity index (χ3n) is 3.01. The molecule has 0 unspecified atom stereocenters. The zero-order chi connectivity index (χ0) is 15.5. The summed E-state index contributed by atoms with van der Waals surface area (Å²) in [4.78, 5) is 0.245. The summed E-state index contributed by atoms with van der Waals surface area (Å²) in [6, 6.07) is 10.9. The molecule has 0 aromatic heterocycles. The maximum Gasteiger partial charge on any atom is 0.180 e. The zero-order valence-corrected chi connectivity index (χ0v) is 13.0. The Morgan fingerprint density at radius 2 is 1.90 bits per heavy atom. The number of sulfone groups is 1. The fraction of sp³-hybridized carbons (Fsp3) is 0.200. The molecule has 0 saturated heterocycles. The molecular formula is C15H15ClFNO2S. The van der Waals surface area contributed by atoms with Crippen LogP contribution in [0.15, 0.2) is 47.4 Å². The van der Waals surface area contributed by atoms with Crippen LogP contribution in [-0.2, 0) is 16.4 Å². The van der Waals surface area contributed by atoms with E-state index in [1.54, 1.807) is 37.3 Å². The molecule has 0 amide bonds. The molecule has 0 spiro atoms. The van der Waals surface area contributed by atoms with Gasteiger partial charge in [-0.05, 0) is 35.9 Å². The molecule has 0 saturated carbocycles. The molecule has 0 aliphatic carbocycles. The van der Waals surface area contributed by atoms with Crippen molar-refractivity contribution in [3.63, 3.8) is 0 Å².